The molecule has 1 N–H and O–H groups in total. The molecule has 0 spiro atoms. The van der Waals surface area contributed by atoms with Crippen molar-refractivity contribution in [1.82, 2.24) is 5.32 Å². The van der Waals surface area contributed by atoms with Gasteiger partial charge in [-0.05, 0) is 30.7 Å². The predicted octanol–water partition coefficient (Wildman–Crippen LogP) is 2.96. The average Bonchev–Trinajstić information content (AvgIpc) is 2.54. The Labute approximate surface area is 119 Å². The Morgan fingerprint density at radius 3 is 2.05 bits per heavy atom. The van der Waals surface area contributed by atoms with Gasteiger partial charge in [0.25, 0.3) is 0 Å². The topological polar surface area (TPSA) is 38.3 Å². The van der Waals surface area contributed by atoms with E-state index in [1.165, 1.54) is 7.11 Å². The Bertz CT molecular complexity index is 578. The largest absolute Gasteiger partial charge is 0.467 e. The molecule has 0 heterocycles. The summed E-state index contributed by atoms with van der Waals surface area (Å²) in [6.07, 6.45) is 0. The van der Waals surface area contributed by atoms with Crippen molar-refractivity contribution in [2.45, 2.75) is 12.5 Å². The average molecular weight is 269 g/mol. The first-order valence-corrected chi connectivity index (χ1v) is 6.55. The van der Waals surface area contributed by atoms with E-state index in [2.05, 4.69) is 17.4 Å². The molecule has 1 unspecified atom stereocenters. The van der Waals surface area contributed by atoms with Crippen LogP contribution < -0.4 is 5.32 Å². The Hall–Kier alpha value is -2.13. The zero-order valence-electron chi connectivity index (χ0n) is 12.0. The van der Waals surface area contributed by atoms with Crippen molar-refractivity contribution in [3.63, 3.8) is 0 Å². The molecule has 0 aromatic heterocycles. The smallest absolute Gasteiger partial charge is 0.330 e. The summed E-state index contributed by atoms with van der Waals surface area (Å²) in [6, 6.07) is 18.1. The van der Waals surface area contributed by atoms with E-state index in [9.17, 15) is 4.79 Å². The summed E-state index contributed by atoms with van der Waals surface area (Å²) in [7, 11) is 3.15. The molecule has 0 radical (unpaired) electrons. The molecule has 20 heavy (non-hydrogen) atoms. The molecule has 104 valence electrons. The lowest BCUT2D eigenvalue weighted by atomic mass is 9.90. The van der Waals surface area contributed by atoms with Gasteiger partial charge >= 0.3 is 5.97 Å². The first kappa shape index (κ1) is 14.3. The molecule has 0 aliphatic carbocycles. The number of rotatable bonds is 4. The van der Waals surface area contributed by atoms with Gasteiger partial charge in [-0.3, -0.25) is 0 Å². The molecule has 1 atom stereocenters. The Kier molecular flexibility index (Phi) is 4.20. The van der Waals surface area contributed by atoms with Crippen LogP contribution in [-0.2, 0) is 15.1 Å². The number of ether oxygens (including phenoxy) is 1. The number of esters is 1. The highest BCUT2D eigenvalue weighted by Gasteiger charge is 2.34. The maximum absolute atomic E-state index is 11.9. The maximum Gasteiger partial charge on any atom is 0.330 e. The van der Waals surface area contributed by atoms with Gasteiger partial charge in [-0.1, -0.05) is 54.6 Å². The minimum Gasteiger partial charge on any atom is -0.467 e. The van der Waals surface area contributed by atoms with Crippen molar-refractivity contribution in [3.05, 3.63) is 60.2 Å². The molecule has 3 nitrogen and oxygen atoms in total. The first-order valence-electron chi connectivity index (χ1n) is 6.55. The van der Waals surface area contributed by atoms with E-state index < -0.39 is 5.54 Å². The summed E-state index contributed by atoms with van der Waals surface area (Å²) in [5.41, 5.74) is 2.33. The number of carbonyl (C=O) groups is 1. The highest BCUT2D eigenvalue weighted by molar-refractivity contribution is 5.82. The van der Waals surface area contributed by atoms with E-state index in [0.717, 1.165) is 16.7 Å². The van der Waals surface area contributed by atoms with Crippen LogP contribution >= 0.6 is 0 Å². The van der Waals surface area contributed by atoms with Crippen molar-refractivity contribution in [2.75, 3.05) is 14.2 Å². The number of nitrogens with one attached hydrogen (secondary N) is 1. The van der Waals surface area contributed by atoms with Gasteiger partial charge in [0.15, 0.2) is 0 Å². The monoisotopic (exact) mass is 269 g/mol. The molecular weight excluding hydrogens is 250 g/mol. The molecule has 0 saturated carbocycles. The van der Waals surface area contributed by atoms with E-state index in [1.807, 2.05) is 49.4 Å². The van der Waals surface area contributed by atoms with Crippen molar-refractivity contribution in [3.8, 4) is 11.1 Å². The number of carbonyl (C=O) groups excluding carboxylic acids is 1. The van der Waals surface area contributed by atoms with Crippen LogP contribution in [0.3, 0.4) is 0 Å². The lowest BCUT2D eigenvalue weighted by Gasteiger charge is -2.26. The Balaban J connectivity index is 2.35. The van der Waals surface area contributed by atoms with E-state index in [0.29, 0.717) is 0 Å². The highest BCUT2D eigenvalue weighted by Crippen LogP contribution is 2.25. The molecule has 0 fully saturated rings. The third-order valence-corrected chi connectivity index (χ3v) is 3.66. The molecule has 0 aliphatic rings. The lowest BCUT2D eigenvalue weighted by molar-refractivity contribution is -0.148. The maximum atomic E-state index is 11.9. The number of benzene rings is 2. The van der Waals surface area contributed by atoms with Crippen LogP contribution in [0.1, 0.15) is 12.5 Å². The molecule has 0 bridgehead atoms. The van der Waals surface area contributed by atoms with Gasteiger partial charge in [-0.2, -0.15) is 0 Å². The fraction of sp³-hybridized carbons (Fsp3) is 0.235. The molecule has 2 aromatic rings. The van der Waals surface area contributed by atoms with Crippen LogP contribution in [0.2, 0.25) is 0 Å². The normalized spacial score (nSPS) is 13.6. The lowest BCUT2D eigenvalue weighted by Crippen LogP contribution is -2.45. The third kappa shape index (κ3) is 2.58. The fourth-order valence-corrected chi connectivity index (χ4v) is 2.19. The Morgan fingerprint density at radius 2 is 1.55 bits per heavy atom. The number of hydrogen-bond acceptors (Lipinski definition) is 3. The highest BCUT2D eigenvalue weighted by atomic mass is 16.5. The van der Waals surface area contributed by atoms with Gasteiger partial charge in [0.1, 0.15) is 5.54 Å². The second kappa shape index (κ2) is 5.88. The quantitative estimate of drug-likeness (QED) is 0.867. The molecular formula is C17H19NO2. The minimum atomic E-state index is -0.829. The second-order valence-corrected chi connectivity index (χ2v) is 4.81. The zero-order valence-corrected chi connectivity index (χ0v) is 12.0. The third-order valence-electron chi connectivity index (χ3n) is 3.66. The summed E-state index contributed by atoms with van der Waals surface area (Å²) in [6.45, 7) is 1.82. The molecule has 0 amide bonds. The standard InChI is InChI=1S/C17H19NO2/c1-17(18-2,16(19)20-3)15-11-9-14(10-12-15)13-7-5-4-6-8-13/h4-12,18H,1-3H3. The van der Waals surface area contributed by atoms with Gasteiger partial charge in [0.2, 0.25) is 0 Å². The van der Waals surface area contributed by atoms with Crippen LogP contribution in [0.5, 0.6) is 0 Å². The summed E-state index contributed by atoms with van der Waals surface area (Å²) in [4.78, 5) is 11.9. The predicted molar refractivity (Wildman–Crippen MR) is 80.3 cm³/mol. The first-order chi connectivity index (χ1) is 9.61. The molecule has 0 saturated heterocycles. The molecule has 2 rings (SSSR count). The van der Waals surface area contributed by atoms with Gasteiger partial charge in [0, 0.05) is 0 Å². The molecule has 0 aliphatic heterocycles. The van der Waals surface area contributed by atoms with Gasteiger partial charge in [-0.25, -0.2) is 4.79 Å². The van der Waals surface area contributed by atoms with E-state index in [1.54, 1.807) is 7.05 Å². The van der Waals surface area contributed by atoms with Crippen LogP contribution in [0.25, 0.3) is 11.1 Å². The van der Waals surface area contributed by atoms with Crippen LogP contribution in [0.15, 0.2) is 54.6 Å². The fourth-order valence-electron chi connectivity index (χ4n) is 2.19. The summed E-state index contributed by atoms with van der Waals surface area (Å²) < 4.78 is 4.87. The summed E-state index contributed by atoms with van der Waals surface area (Å²) in [5.74, 6) is -0.299. The van der Waals surface area contributed by atoms with Gasteiger partial charge < -0.3 is 10.1 Å². The molecule has 2 aromatic carbocycles. The summed E-state index contributed by atoms with van der Waals surface area (Å²) in [5, 5.41) is 3.03. The van der Waals surface area contributed by atoms with Crippen molar-refractivity contribution >= 4 is 5.97 Å². The zero-order chi connectivity index (χ0) is 14.6. The van der Waals surface area contributed by atoms with E-state index in [-0.39, 0.29) is 5.97 Å². The van der Waals surface area contributed by atoms with Gasteiger partial charge in [-0.15, -0.1) is 0 Å². The number of likely N-dealkylation sites (N-methyl/N-ethyl adjacent to an activating group) is 1. The van der Waals surface area contributed by atoms with E-state index in [4.69, 9.17) is 4.74 Å². The number of hydrogen-bond donors (Lipinski definition) is 1. The summed E-state index contributed by atoms with van der Waals surface area (Å²) >= 11 is 0. The molecule has 3 heteroatoms. The van der Waals surface area contributed by atoms with Gasteiger partial charge in [0.05, 0.1) is 7.11 Å². The van der Waals surface area contributed by atoms with Crippen LogP contribution in [-0.4, -0.2) is 20.1 Å². The second-order valence-electron chi connectivity index (χ2n) is 4.81. The van der Waals surface area contributed by atoms with Crippen LogP contribution in [0, 0.1) is 0 Å². The van der Waals surface area contributed by atoms with Crippen molar-refractivity contribution in [2.24, 2.45) is 0 Å². The Morgan fingerprint density at radius 1 is 1.00 bits per heavy atom. The van der Waals surface area contributed by atoms with E-state index >= 15 is 0 Å². The van der Waals surface area contributed by atoms with Crippen molar-refractivity contribution in [1.29, 1.82) is 0 Å². The number of methoxy groups -OCH3 is 1. The SMILES string of the molecule is CNC(C)(C(=O)OC)c1ccc(-c2ccccc2)cc1. The van der Waals surface area contributed by atoms with Crippen molar-refractivity contribution < 1.29 is 9.53 Å². The minimum absolute atomic E-state index is 0.299. The van der Waals surface area contributed by atoms with Crippen LogP contribution in [0.4, 0.5) is 0 Å².